The summed E-state index contributed by atoms with van der Waals surface area (Å²) in [6.07, 6.45) is 5.46. The second-order valence-electron chi connectivity index (χ2n) is 7.18. The first kappa shape index (κ1) is 19.6. The maximum absolute atomic E-state index is 12.7. The molecule has 2 aromatic heterocycles. The van der Waals surface area contributed by atoms with Gasteiger partial charge in [0.05, 0.1) is 4.90 Å². The number of para-hydroxylation sites is 1. The fraction of sp³-hybridized carbons (Fsp3) is 0.227. The van der Waals surface area contributed by atoms with Crippen LogP contribution in [0, 0.1) is 0 Å². The Hall–Kier alpha value is -2.74. The average molecular weight is 409 g/mol. The Kier molecular flexibility index (Phi) is 5.62. The number of nitrogens with one attached hydrogen (secondary N) is 2. The number of aromatic nitrogens is 2. The van der Waals surface area contributed by atoms with Crippen LogP contribution in [0.3, 0.4) is 0 Å². The quantitative estimate of drug-likeness (QED) is 0.439. The summed E-state index contributed by atoms with van der Waals surface area (Å²) in [5.41, 5.74) is 1.20. The van der Waals surface area contributed by atoms with Gasteiger partial charge in [-0.25, -0.2) is 13.1 Å². The number of hydrogen-bond acceptors (Lipinski definition) is 4. The SMILES string of the molecule is C[C@H](CNCCn1ccc2ccccc21)NS(=O)(=O)c1ccc2cnccc2c1. The molecule has 0 bridgehead atoms. The molecule has 6 nitrogen and oxygen atoms in total. The normalized spacial score (nSPS) is 13.1. The van der Waals surface area contributed by atoms with Crippen molar-refractivity contribution in [1.29, 1.82) is 0 Å². The minimum absolute atomic E-state index is 0.227. The summed E-state index contributed by atoms with van der Waals surface area (Å²) in [4.78, 5) is 4.32. The number of fused-ring (bicyclic) bond motifs is 2. The molecule has 0 aliphatic rings. The van der Waals surface area contributed by atoms with E-state index in [4.69, 9.17) is 0 Å². The number of benzene rings is 2. The van der Waals surface area contributed by atoms with Crippen LogP contribution in [0.2, 0.25) is 0 Å². The van der Waals surface area contributed by atoms with Gasteiger partial charge in [0.1, 0.15) is 0 Å². The van der Waals surface area contributed by atoms with Crippen LogP contribution in [-0.4, -0.2) is 37.1 Å². The molecule has 2 heterocycles. The predicted octanol–water partition coefficient (Wildman–Crippen LogP) is 3.15. The highest BCUT2D eigenvalue weighted by Gasteiger charge is 2.17. The minimum Gasteiger partial charge on any atom is -0.346 e. The summed E-state index contributed by atoms with van der Waals surface area (Å²) < 4.78 is 30.3. The van der Waals surface area contributed by atoms with Gasteiger partial charge < -0.3 is 9.88 Å². The van der Waals surface area contributed by atoms with Gasteiger partial charge in [0, 0.05) is 55.2 Å². The molecular weight excluding hydrogens is 384 g/mol. The topological polar surface area (TPSA) is 76.0 Å². The summed E-state index contributed by atoms with van der Waals surface area (Å²) >= 11 is 0. The van der Waals surface area contributed by atoms with Crippen LogP contribution in [0.15, 0.2) is 78.1 Å². The van der Waals surface area contributed by atoms with Crippen molar-refractivity contribution in [3.63, 3.8) is 0 Å². The Morgan fingerprint density at radius 1 is 1.03 bits per heavy atom. The zero-order chi connectivity index (χ0) is 20.3. The molecule has 4 aromatic rings. The molecule has 0 saturated heterocycles. The fourth-order valence-electron chi connectivity index (χ4n) is 3.46. The first-order valence-electron chi connectivity index (χ1n) is 9.64. The molecule has 0 amide bonds. The Balaban J connectivity index is 1.32. The number of hydrogen-bond donors (Lipinski definition) is 2. The fourth-order valence-corrected chi connectivity index (χ4v) is 4.74. The first-order valence-corrected chi connectivity index (χ1v) is 11.1. The third-order valence-corrected chi connectivity index (χ3v) is 6.53. The van der Waals surface area contributed by atoms with Crippen LogP contribution in [0.25, 0.3) is 21.7 Å². The lowest BCUT2D eigenvalue weighted by molar-refractivity contribution is 0.525. The molecule has 0 radical (unpaired) electrons. The van der Waals surface area contributed by atoms with Gasteiger partial charge in [-0.2, -0.15) is 0 Å². The predicted molar refractivity (Wildman–Crippen MR) is 116 cm³/mol. The van der Waals surface area contributed by atoms with E-state index in [1.165, 1.54) is 10.9 Å². The van der Waals surface area contributed by atoms with Gasteiger partial charge in [0.15, 0.2) is 0 Å². The zero-order valence-electron chi connectivity index (χ0n) is 16.2. The second-order valence-corrected chi connectivity index (χ2v) is 8.89. The highest BCUT2D eigenvalue weighted by Crippen LogP contribution is 2.18. The lowest BCUT2D eigenvalue weighted by Crippen LogP contribution is -2.40. The van der Waals surface area contributed by atoms with Crippen molar-refractivity contribution in [2.75, 3.05) is 13.1 Å². The van der Waals surface area contributed by atoms with Gasteiger partial charge in [-0.15, -0.1) is 0 Å². The van der Waals surface area contributed by atoms with Crippen molar-refractivity contribution >= 4 is 31.7 Å². The number of pyridine rings is 1. The monoisotopic (exact) mass is 408 g/mol. The smallest absolute Gasteiger partial charge is 0.240 e. The largest absolute Gasteiger partial charge is 0.346 e. The average Bonchev–Trinajstić information content (AvgIpc) is 3.14. The van der Waals surface area contributed by atoms with E-state index in [2.05, 4.69) is 44.0 Å². The molecule has 150 valence electrons. The van der Waals surface area contributed by atoms with Gasteiger partial charge in [-0.3, -0.25) is 4.98 Å². The van der Waals surface area contributed by atoms with E-state index >= 15 is 0 Å². The van der Waals surface area contributed by atoms with E-state index in [1.807, 2.05) is 25.1 Å². The van der Waals surface area contributed by atoms with Crippen molar-refractivity contribution in [1.82, 2.24) is 19.6 Å². The second kappa shape index (κ2) is 8.32. The zero-order valence-corrected chi connectivity index (χ0v) is 17.1. The van der Waals surface area contributed by atoms with E-state index in [1.54, 1.807) is 30.6 Å². The molecule has 0 spiro atoms. The molecule has 0 aliphatic carbocycles. The van der Waals surface area contributed by atoms with Crippen LogP contribution < -0.4 is 10.0 Å². The highest BCUT2D eigenvalue weighted by molar-refractivity contribution is 7.89. The van der Waals surface area contributed by atoms with E-state index in [-0.39, 0.29) is 10.9 Å². The number of rotatable bonds is 8. The Morgan fingerprint density at radius 3 is 2.79 bits per heavy atom. The summed E-state index contributed by atoms with van der Waals surface area (Å²) in [5.74, 6) is 0. The Bertz CT molecular complexity index is 1230. The Labute approximate surface area is 170 Å². The molecular formula is C22H24N4O2S. The van der Waals surface area contributed by atoms with E-state index in [0.717, 1.165) is 23.9 Å². The van der Waals surface area contributed by atoms with Crippen LogP contribution >= 0.6 is 0 Å². The van der Waals surface area contributed by atoms with Gasteiger partial charge >= 0.3 is 0 Å². The van der Waals surface area contributed by atoms with Crippen LogP contribution in [0.5, 0.6) is 0 Å². The number of nitrogens with zero attached hydrogens (tertiary/aromatic N) is 2. The third kappa shape index (κ3) is 4.48. The standard InChI is InChI=1S/C22H24N4O2S/c1-17(15-24-11-13-26-12-9-18-4-2-3-5-22(18)26)25-29(27,28)21-7-6-20-16-23-10-8-19(20)14-21/h2-10,12,14,16-17,24-25H,11,13,15H2,1H3/t17-/m1/s1. The van der Waals surface area contributed by atoms with Crippen molar-refractivity contribution in [2.45, 2.75) is 24.4 Å². The third-order valence-electron chi connectivity index (χ3n) is 4.94. The Morgan fingerprint density at radius 2 is 1.90 bits per heavy atom. The molecule has 7 heteroatoms. The first-order chi connectivity index (χ1) is 14.0. The van der Waals surface area contributed by atoms with Crippen LogP contribution in [0.1, 0.15) is 6.92 Å². The lowest BCUT2D eigenvalue weighted by Gasteiger charge is -2.16. The van der Waals surface area contributed by atoms with Crippen LogP contribution in [-0.2, 0) is 16.6 Å². The van der Waals surface area contributed by atoms with E-state index < -0.39 is 10.0 Å². The maximum atomic E-state index is 12.7. The molecule has 0 aliphatic heterocycles. The van der Waals surface area contributed by atoms with Crippen molar-refractivity contribution in [3.8, 4) is 0 Å². The minimum atomic E-state index is -3.58. The molecule has 0 unspecified atom stereocenters. The van der Waals surface area contributed by atoms with Gasteiger partial charge in [0.2, 0.25) is 10.0 Å². The summed E-state index contributed by atoms with van der Waals surface area (Å²) in [6.45, 7) is 4.00. The summed E-state index contributed by atoms with van der Waals surface area (Å²) in [6, 6.07) is 17.0. The van der Waals surface area contributed by atoms with Crippen molar-refractivity contribution in [3.05, 3.63) is 73.2 Å². The van der Waals surface area contributed by atoms with Gasteiger partial charge in [-0.1, -0.05) is 24.3 Å². The van der Waals surface area contributed by atoms with Crippen molar-refractivity contribution in [2.24, 2.45) is 0 Å². The maximum Gasteiger partial charge on any atom is 0.240 e. The molecule has 0 fully saturated rings. The lowest BCUT2D eigenvalue weighted by atomic mass is 10.2. The van der Waals surface area contributed by atoms with E-state index in [0.29, 0.717) is 6.54 Å². The van der Waals surface area contributed by atoms with E-state index in [9.17, 15) is 8.42 Å². The molecule has 2 N–H and O–H groups in total. The number of sulfonamides is 1. The molecule has 4 rings (SSSR count). The van der Waals surface area contributed by atoms with Gasteiger partial charge in [-0.05, 0) is 48.0 Å². The molecule has 0 saturated carbocycles. The molecule has 29 heavy (non-hydrogen) atoms. The highest BCUT2D eigenvalue weighted by atomic mass is 32.2. The molecule has 1 atom stereocenters. The molecule has 2 aromatic carbocycles. The summed E-state index contributed by atoms with van der Waals surface area (Å²) in [5, 5.41) is 6.33. The van der Waals surface area contributed by atoms with Gasteiger partial charge in [0.25, 0.3) is 0 Å². The summed E-state index contributed by atoms with van der Waals surface area (Å²) in [7, 11) is -3.58. The van der Waals surface area contributed by atoms with Crippen molar-refractivity contribution < 1.29 is 8.42 Å². The van der Waals surface area contributed by atoms with Crippen LogP contribution in [0.4, 0.5) is 0 Å².